The van der Waals surface area contributed by atoms with Gasteiger partial charge in [-0.2, -0.15) is 0 Å². The van der Waals surface area contributed by atoms with Gasteiger partial charge in [-0.05, 0) is 43.4 Å². The Bertz CT molecular complexity index is 838. The molecule has 3 aliphatic carbocycles. The summed E-state index contributed by atoms with van der Waals surface area (Å²) >= 11 is 6.44. The molecule has 0 aliphatic heterocycles. The fraction of sp³-hybridized carbons (Fsp3) is 0.550. The zero-order valence-corrected chi connectivity index (χ0v) is 17.5. The lowest BCUT2D eigenvalue weighted by Gasteiger charge is -2.61. The summed E-state index contributed by atoms with van der Waals surface area (Å²) in [5.41, 5.74) is 1.58. The first-order valence-corrected chi connectivity index (χ1v) is 13.5. The molecule has 0 radical (unpaired) electrons. The van der Waals surface area contributed by atoms with Gasteiger partial charge in [0.05, 0.1) is 10.5 Å². The van der Waals surface area contributed by atoms with Crippen LogP contribution in [0.15, 0.2) is 24.3 Å². The van der Waals surface area contributed by atoms with Crippen molar-refractivity contribution in [2.45, 2.75) is 57.2 Å². The fourth-order valence-electron chi connectivity index (χ4n) is 4.07. The highest BCUT2D eigenvalue weighted by Gasteiger charge is 2.57. The molecule has 0 saturated heterocycles. The topological polar surface area (TPSA) is 43.3 Å². The van der Waals surface area contributed by atoms with Crippen LogP contribution in [0, 0.1) is 5.92 Å². The molecule has 6 heteroatoms. The van der Waals surface area contributed by atoms with E-state index in [-0.39, 0.29) is 11.4 Å². The summed E-state index contributed by atoms with van der Waals surface area (Å²) in [6.45, 7) is 8.07. The number of hydrogen-bond donors (Lipinski definition) is 1. The van der Waals surface area contributed by atoms with Gasteiger partial charge >= 0.3 is 0 Å². The highest BCUT2D eigenvalue weighted by molar-refractivity contribution is 6.76. The van der Waals surface area contributed by atoms with Crippen LogP contribution in [0.4, 0.5) is 0 Å². The second-order valence-corrected chi connectivity index (χ2v) is 15.2. The predicted molar refractivity (Wildman–Crippen MR) is 109 cm³/mol. The minimum Gasteiger partial charge on any atom is -0.361 e. The molecule has 1 N–H and O–H groups in total. The molecule has 1 aromatic heterocycles. The fourth-order valence-corrected chi connectivity index (χ4v) is 5.11. The minimum absolute atomic E-state index is 0.00999. The molecule has 3 saturated carbocycles. The van der Waals surface area contributed by atoms with Crippen LogP contribution in [0.25, 0.3) is 10.9 Å². The molecule has 5 rings (SSSR count). The molecule has 2 aromatic rings. The first-order valence-electron chi connectivity index (χ1n) is 9.44. The van der Waals surface area contributed by atoms with Gasteiger partial charge in [-0.1, -0.05) is 43.4 Å². The highest BCUT2D eigenvalue weighted by Crippen LogP contribution is 2.57. The van der Waals surface area contributed by atoms with Crippen LogP contribution < -0.4 is 5.32 Å². The van der Waals surface area contributed by atoms with Crippen molar-refractivity contribution in [1.82, 2.24) is 9.88 Å². The molecule has 140 valence electrons. The Morgan fingerprint density at radius 1 is 1.35 bits per heavy atom. The maximum Gasteiger partial charge on any atom is 0.268 e. The van der Waals surface area contributed by atoms with E-state index in [2.05, 4.69) is 25.0 Å². The monoisotopic (exact) mass is 390 g/mol. The van der Waals surface area contributed by atoms with Crippen molar-refractivity contribution in [2.24, 2.45) is 5.92 Å². The lowest BCUT2D eigenvalue weighted by molar-refractivity contribution is -0.0442. The predicted octanol–water partition coefficient (Wildman–Crippen LogP) is 4.89. The van der Waals surface area contributed by atoms with E-state index < -0.39 is 8.07 Å². The zero-order valence-electron chi connectivity index (χ0n) is 15.8. The van der Waals surface area contributed by atoms with Crippen LogP contribution in [-0.2, 0) is 11.5 Å². The van der Waals surface area contributed by atoms with E-state index in [0.717, 1.165) is 42.1 Å². The van der Waals surface area contributed by atoms with E-state index in [0.29, 0.717) is 24.1 Å². The van der Waals surface area contributed by atoms with Crippen molar-refractivity contribution in [3.05, 3.63) is 35.0 Å². The Balaban J connectivity index is 1.56. The van der Waals surface area contributed by atoms with Gasteiger partial charge in [0.15, 0.2) is 0 Å². The molecule has 4 nitrogen and oxygen atoms in total. The van der Waals surface area contributed by atoms with Crippen LogP contribution in [0.2, 0.25) is 30.7 Å². The average Bonchev–Trinajstić information content (AvgIpc) is 2.85. The van der Waals surface area contributed by atoms with Gasteiger partial charge in [-0.3, -0.25) is 4.79 Å². The third-order valence-corrected chi connectivity index (χ3v) is 7.75. The highest BCUT2D eigenvalue weighted by atomic mass is 35.5. The molecule has 2 bridgehead atoms. The van der Waals surface area contributed by atoms with Crippen molar-refractivity contribution in [2.75, 3.05) is 6.61 Å². The Labute approximate surface area is 160 Å². The molecule has 1 aromatic carbocycles. The van der Waals surface area contributed by atoms with Gasteiger partial charge in [-0.25, -0.2) is 0 Å². The van der Waals surface area contributed by atoms with E-state index >= 15 is 0 Å². The van der Waals surface area contributed by atoms with Crippen molar-refractivity contribution < 1.29 is 9.53 Å². The number of hydrogen-bond acceptors (Lipinski definition) is 2. The lowest BCUT2D eigenvalue weighted by Crippen LogP contribution is -2.68. The Morgan fingerprint density at radius 3 is 2.69 bits per heavy atom. The van der Waals surface area contributed by atoms with Gasteiger partial charge in [0.1, 0.15) is 12.4 Å². The Morgan fingerprint density at radius 2 is 2.08 bits per heavy atom. The first kappa shape index (κ1) is 18.1. The van der Waals surface area contributed by atoms with Crippen molar-refractivity contribution in [1.29, 1.82) is 0 Å². The maximum atomic E-state index is 12.9. The van der Waals surface area contributed by atoms with Crippen LogP contribution >= 0.6 is 11.6 Å². The Kier molecular flexibility index (Phi) is 4.45. The average molecular weight is 391 g/mol. The van der Waals surface area contributed by atoms with Crippen molar-refractivity contribution >= 4 is 36.5 Å². The molecule has 0 atom stereocenters. The molecule has 3 fully saturated rings. The number of para-hydroxylation sites is 1. The second-order valence-electron chi connectivity index (χ2n) is 9.20. The van der Waals surface area contributed by atoms with E-state index in [1.54, 1.807) is 0 Å². The number of nitrogens with zero attached hydrogens (tertiary/aromatic N) is 1. The Hall–Kier alpha value is -1.30. The second kappa shape index (κ2) is 6.39. The van der Waals surface area contributed by atoms with E-state index in [1.165, 1.54) is 0 Å². The van der Waals surface area contributed by atoms with Gasteiger partial charge < -0.3 is 14.6 Å². The van der Waals surface area contributed by atoms with Crippen molar-refractivity contribution in [3.8, 4) is 0 Å². The maximum absolute atomic E-state index is 12.9. The minimum atomic E-state index is -1.14. The van der Waals surface area contributed by atoms with E-state index in [9.17, 15) is 4.79 Å². The van der Waals surface area contributed by atoms with E-state index in [4.69, 9.17) is 16.3 Å². The third kappa shape index (κ3) is 3.32. The van der Waals surface area contributed by atoms with Gasteiger partial charge in [-0.15, -0.1) is 0 Å². The summed E-state index contributed by atoms with van der Waals surface area (Å²) in [6, 6.07) is 8.82. The number of benzene rings is 1. The molecule has 0 spiro atoms. The van der Waals surface area contributed by atoms with Crippen LogP contribution in [-0.4, -0.2) is 30.7 Å². The number of carbonyl (C=O) groups is 1. The van der Waals surface area contributed by atoms with Gasteiger partial charge in [0.25, 0.3) is 5.91 Å². The third-order valence-electron chi connectivity index (χ3n) is 5.74. The summed E-state index contributed by atoms with van der Waals surface area (Å²) in [5.74, 6) is 0.824. The largest absolute Gasteiger partial charge is 0.361 e. The standard InChI is InChI=1S/C20H27ClN2O2Si/c1-26(2,3)8-7-25-13-23-17(9-15-5-4-6-16(21)18(15)23)19(24)22-20-10-14(11-20)12-20/h4-6,9,14H,7-8,10-13H2,1-3H3,(H,22,24). The summed E-state index contributed by atoms with van der Waals surface area (Å²) in [7, 11) is -1.14. The van der Waals surface area contributed by atoms with Crippen LogP contribution in [0.1, 0.15) is 29.8 Å². The first-order chi connectivity index (χ1) is 12.3. The number of fused-ring (bicyclic) bond motifs is 1. The smallest absolute Gasteiger partial charge is 0.268 e. The summed E-state index contributed by atoms with van der Waals surface area (Å²) in [4.78, 5) is 12.9. The molecule has 1 heterocycles. The quantitative estimate of drug-likeness (QED) is 0.540. The number of halogens is 1. The van der Waals surface area contributed by atoms with Crippen molar-refractivity contribution in [3.63, 3.8) is 0 Å². The normalized spacial score (nSPS) is 24.2. The number of nitrogens with one attached hydrogen (secondary N) is 1. The number of ether oxygens (including phenoxy) is 1. The number of amides is 1. The zero-order chi connectivity index (χ0) is 18.5. The van der Waals surface area contributed by atoms with Gasteiger partial charge in [0, 0.05) is 25.6 Å². The number of carbonyl (C=O) groups excluding carboxylic acids is 1. The number of rotatable bonds is 7. The van der Waals surface area contributed by atoms with Crippen LogP contribution in [0.3, 0.4) is 0 Å². The molecule has 3 aliphatic rings. The summed E-state index contributed by atoms with van der Waals surface area (Å²) < 4.78 is 7.88. The number of aromatic nitrogens is 1. The van der Waals surface area contributed by atoms with Crippen LogP contribution in [0.5, 0.6) is 0 Å². The SMILES string of the molecule is C[Si](C)(C)CCOCn1c(C(=O)NC23CC(C2)C3)cc2cccc(Cl)c21. The van der Waals surface area contributed by atoms with Gasteiger partial charge in [0.2, 0.25) is 0 Å². The lowest BCUT2D eigenvalue weighted by atomic mass is 9.50. The molecule has 0 unspecified atom stereocenters. The molecular weight excluding hydrogens is 364 g/mol. The molecule has 26 heavy (non-hydrogen) atoms. The van der Waals surface area contributed by atoms with E-state index in [1.807, 2.05) is 28.8 Å². The molecule has 1 amide bonds. The summed E-state index contributed by atoms with van der Waals surface area (Å²) in [6.07, 6.45) is 3.39. The molecular formula is C20H27ClN2O2Si. The summed E-state index contributed by atoms with van der Waals surface area (Å²) in [5, 5.41) is 4.89.